The summed E-state index contributed by atoms with van der Waals surface area (Å²) in [6.45, 7) is 5.52. The molecule has 0 aromatic carbocycles. The van der Waals surface area contributed by atoms with Gasteiger partial charge in [0.15, 0.2) is 0 Å². The van der Waals surface area contributed by atoms with Gasteiger partial charge in [0, 0.05) is 12.0 Å². The Morgan fingerprint density at radius 3 is 2.60 bits per heavy atom. The number of aliphatic carboxylic acids is 1. The van der Waals surface area contributed by atoms with Crippen LogP contribution in [0.4, 0.5) is 9.80 Å². The third-order valence-electron chi connectivity index (χ3n) is 3.96. The predicted octanol–water partition coefficient (Wildman–Crippen LogP) is 3.57. The fourth-order valence-electron chi connectivity index (χ4n) is 2.50. The summed E-state index contributed by atoms with van der Waals surface area (Å²) in [4.78, 5) is 35.3. The molecule has 1 saturated carbocycles. The molecule has 0 aliphatic heterocycles. The van der Waals surface area contributed by atoms with Crippen LogP contribution in [0.2, 0.25) is 0 Å². The van der Waals surface area contributed by atoms with E-state index in [0.717, 1.165) is 18.4 Å². The molecule has 25 heavy (non-hydrogen) atoms. The third-order valence-corrected chi connectivity index (χ3v) is 4.87. The van der Waals surface area contributed by atoms with Gasteiger partial charge in [-0.15, -0.1) is 11.3 Å². The molecule has 0 saturated heterocycles. The number of hydrogen-bond acceptors (Lipinski definition) is 5. The Balaban J connectivity index is 2.07. The molecule has 0 bridgehead atoms. The lowest BCUT2D eigenvalue weighted by Gasteiger charge is -2.25. The van der Waals surface area contributed by atoms with Crippen molar-refractivity contribution in [2.75, 3.05) is 11.9 Å². The Morgan fingerprint density at radius 2 is 2.04 bits per heavy atom. The molecule has 0 unspecified atom stereocenters. The zero-order chi connectivity index (χ0) is 18.6. The maximum absolute atomic E-state index is 12.3. The smallest absolute Gasteiger partial charge is 0.341 e. The minimum atomic E-state index is -0.910. The van der Waals surface area contributed by atoms with Crippen LogP contribution in [0, 0.1) is 0 Å². The molecule has 0 spiro atoms. The van der Waals surface area contributed by atoms with Crippen LogP contribution < -0.4 is 10.6 Å². The third kappa shape index (κ3) is 5.45. The van der Waals surface area contributed by atoms with Gasteiger partial charge in [-0.3, -0.25) is 10.1 Å². The molecular weight excluding hydrogens is 344 g/mol. The Kier molecular flexibility index (Phi) is 6.05. The monoisotopic (exact) mass is 368 g/mol. The predicted molar refractivity (Wildman–Crippen MR) is 95.4 cm³/mol. The lowest BCUT2D eigenvalue weighted by atomic mass is 9.99. The lowest BCUT2D eigenvalue weighted by Crippen LogP contribution is -2.45. The molecule has 3 N–H and O–H groups in total. The van der Waals surface area contributed by atoms with Crippen LogP contribution in [-0.2, 0) is 9.53 Å². The highest BCUT2D eigenvalue weighted by Crippen LogP contribution is 2.46. The number of carboxylic acids is 1. The summed E-state index contributed by atoms with van der Waals surface area (Å²) in [5, 5.41) is 16.6. The summed E-state index contributed by atoms with van der Waals surface area (Å²) in [6, 6.07) is -0.467. The fourth-order valence-corrected chi connectivity index (χ4v) is 3.52. The molecule has 0 radical (unpaired) electrons. The minimum absolute atomic E-state index is 0.0355. The van der Waals surface area contributed by atoms with Crippen LogP contribution in [-0.4, -0.2) is 35.2 Å². The van der Waals surface area contributed by atoms with E-state index in [1.165, 1.54) is 11.3 Å². The average Bonchev–Trinajstić information content (AvgIpc) is 3.26. The van der Waals surface area contributed by atoms with Crippen LogP contribution in [0.15, 0.2) is 5.38 Å². The quantitative estimate of drug-likeness (QED) is 0.609. The molecule has 1 aromatic heterocycles. The maximum Gasteiger partial charge on any atom is 0.341 e. The van der Waals surface area contributed by atoms with Crippen molar-refractivity contribution >= 4 is 34.3 Å². The SMILES string of the molecule is CCOC(=O)c1c(C2CC2)csc1NC(=O)NC(C)(C)CCC(=O)O. The van der Waals surface area contributed by atoms with Gasteiger partial charge < -0.3 is 15.2 Å². The molecule has 1 aromatic rings. The van der Waals surface area contributed by atoms with E-state index < -0.39 is 23.5 Å². The Hall–Kier alpha value is -2.09. The van der Waals surface area contributed by atoms with E-state index in [-0.39, 0.29) is 13.0 Å². The van der Waals surface area contributed by atoms with Crippen molar-refractivity contribution in [3.8, 4) is 0 Å². The standard InChI is InChI=1S/C17H24N2O5S/c1-4-24-15(22)13-11(10-5-6-10)9-25-14(13)18-16(23)19-17(2,3)8-7-12(20)21/h9-10H,4-8H2,1-3H3,(H,20,21)(H2,18,19,23). The number of amides is 2. The van der Waals surface area contributed by atoms with Crippen molar-refractivity contribution in [2.24, 2.45) is 0 Å². The molecule has 1 heterocycles. The van der Waals surface area contributed by atoms with Crippen LogP contribution >= 0.6 is 11.3 Å². The van der Waals surface area contributed by atoms with Gasteiger partial charge in [0.25, 0.3) is 0 Å². The van der Waals surface area contributed by atoms with Crippen LogP contribution in [0.25, 0.3) is 0 Å². The number of thiophene rings is 1. The highest BCUT2D eigenvalue weighted by atomic mass is 32.1. The average molecular weight is 368 g/mol. The molecule has 2 amide bonds. The summed E-state index contributed by atoms with van der Waals surface area (Å²) in [5.74, 6) is -0.973. The first kappa shape index (κ1) is 19.2. The topological polar surface area (TPSA) is 105 Å². The van der Waals surface area contributed by atoms with Crippen LogP contribution in [0.1, 0.15) is 68.3 Å². The zero-order valence-electron chi connectivity index (χ0n) is 14.7. The van der Waals surface area contributed by atoms with Crippen molar-refractivity contribution in [1.82, 2.24) is 5.32 Å². The van der Waals surface area contributed by atoms with Gasteiger partial charge >= 0.3 is 18.0 Å². The van der Waals surface area contributed by atoms with Crippen molar-refractivity contribution in [3.05, 3.63) is 16.5 Å². The van der Waals surface area contributed by atoms with Crippen molar-refractivity contribution < 1.29 is 24.2 Å². The second-order valence-corrected chi connectivity index (χ2v) is 7.63. The van der Waals surface area contributed by atoms with Gasteiger partial charge in [0.2, 0.25) is 0 Å². The van der Waals surface area contributed by atoms with Crippen molar-refractivity contribution in [3.63, 3.8) is 0 Å². The maximum atomic E-state index is 12.3. The molecular formula is C17H24N2O5S. The number of anilines is 1. The molecule has 1 fully saturated rings. The van der Waals surface area contributed by atoms with E-state index in [1.54, 1.807) is 20.8 Å². The molecule has 8 heteroatoms. The second kappa shape index (κ2) is 7.86. The number of carbonyl (C=O) groups is 3. The highest BCUT2D eigenvalue weighted by molar-refractivity contribution is 7.15. The van der Waals surface area contributed by atoms with E-state index >= 15 is 0 Å². The van der Waals surface area contributed by atoms with E-state index in [0.29, 0.717) is 22.9 Å². The van der Waals surface area contributed by atoms with E-state index in [1.807, 2.05) is 5.38 Å². The summed E-state index contributed by atoms with van der Waals surface area (Å²) in [6.07, 6.45) is 2.35. The van der Waals surface area contributed by atoms with Crippen molar-refractivity contribution in [1.29, 1.82) is 0 Å². The first-order chi connectivity index (χ1) is 11.7. The summed E-state index contributed by atoms with van der Waals surface area (Å²) in [7, 11) is 0. The van der Waals surface area contributed by atoms with E-state index in [9.17, 15) is 14.4 Å². The van der Waals surface area contributed by atoms with Crippen LogP contribution in [0.5, 0.6) is 0 Å². The summed E-state index contributed by atoms with van der Waals surface area (Å²) < 4.78 is 5.12. The van der Waals surface area contributed by atoms with Crippen molar-refractivity contribution in [2.45, 2.75) is 57.9 Å². The fraction of sp³-hybridized carbons (Fsp3) is 0.588. The zero-order valence-corrected chi connectivity index (χ0v) is 15.5. The number of carboxylic acid groups (broad SMARTS) is 1. The first-order valence-electron chi connectivity index (χ1n) is 8.33. The number of urea groups is 1. The summed E-state index contributed by atoms with van der Waals surface area (Å²) >= 11 is 1.30. The highest BCUT2D eigenvalue weighted by Gasteiger charge is 2.32. The summed E-state index contributed by atoms with van der Waals surface area (Å²) in [5.41, 5.74) is 0.695. The molecule has 2 rings (SSSR count). The van der Waals surface area contributed by atoms with E-state index in [2.05, 4.69) is 10.6 Å². The Bertz CT molecular complexity index is 664. The second-order valence-electron chi connectivity index (χ2n) is 6.75. The van der Waals surface area contributed by atoms with Gasteiger partial charge in [-0.1, -0.05) is 0 Å². The number of esters is 1. The number of rotatable bonds is 8. The largest absolute Gasteiger partial charge is 0.481 e. The molecule has 1 aliphatic carbocycles. The molecule has 138 valence electrons. The molecule has 0 atom stereocenters. The lowest BCUT2D eigenvalue weighted by molar-refractivity contribution is -0.137. The number of carbonyl (C=O) groups excluding carboxylic acids is 2. The number of ether oxygens (including phenoxy) is 1. The van der Waals surface area contributed by atoms with Crippen LogP contribution in [0.3, 0.4) is 0 Å². The van der Waals surface area contributed by atoms with Gasteiger partial charge in [-0.2, -0.15) is 0 Å². The normalized spacial score (nSPS) is 14.0. The molecule has 1 aliphatic rings. The Labute approximate surface area is 150 Å². The van der Waals surface area contributed by atoms with Gasteiger partial charge in [0.05, 0.1) is 12.2 Å². The minimum Gasteiger partial charge on any atom is -0.481 e. The number of nitrogens with one attached hydrogen (secondary N) is 2. The molecule has 7 nitrogen and oxygen atoms in total. The van der Waals surface area contributed by atoms with Gasteiger partial charge in [-0.05, 0) is 56.9 Å². The Morgan fingerprint density at radius 1 is 1.36 bits per heavy atom. The van der Waals surface area contributed by atoms with Gasteiger partial charge in [-0.25, -0.2) is 9.59 Å². The first-order valence-corrected chi connectivity index (χ1v) is 9.21. The van der Waals surface area contributed by atoms with E-state index in [4.69, 9.17) is 9.84 Å². The van der Waals surface area contributed by atoms with Gasteiger partial charge in [0.1, 0.15) is 5.00 Å². The number of hydrogen-bond donors (Lipinski definition) is 3.